The monoisotopic (exact) mass is 338 g/mol. The highest BCUT2D eigenvalue weighted by Gasteiger charge is 2.23. The molecular formula is C20H18O5. The van der Waals surface area contributed by atoms with Gasteiger partial charge in [0.1, 0.15) is 5.58 Å². The average molecular weight is 338 g/mol. The van der Waals surface area contributed by atoms with Gasteiger partial charge in [0.05, 0.1) is 12.0 Å². The van der Waals surface area contributed by atoms with Gasteiger partial charge in [-0.05, 0) is 26.0 Å². The van der Waals surface area contributed by atoms with Crippen LogP contribution in [0.15, 0.2) is 63.8 Å². The van der Waals surface area contributed by atoms with Gasteiger partial charge >= 0.3 is 5.97 Å². The molecule has 1 aromatic heterocycles. The molecule has 1 heterocycles. The van der Waals surface area contributed by atoms with Crippen LogP contribution in [0, 0.1) is 0 Å². The Bertz CT molecular complexity index is 943. The summed E-state index contributed by atoms with van der Waals surface area (Å²) >= 11 is 0. The molecule has 5 heteroatoms. The Morgan fingerprint density at radius 1 is 1.08 bits per heavy atom. The molecule has 0 saturated carbocycles. The first-order chi connectivity index (χ1) is 12.1. The highest BCUT2D eigenvalue weighted by atomic mass is 16.6. The second kappa shape index (κ2) is 7.21. The maximum Gasteiger partial charge on any atom is 0.347 e. The molecule has 0 aliphatic rings. The number of carbonyl (C=O) groups excluding carboxylic acids is 1. The van der Waals surface area contributed by atoms with Gasteiger partial charge in [-0.25, -0.2) is 4.79 Å². The molecular weight excluding hydrogens is 320 g/mol. The third-order valence-electron chi connectivity index (χ3n) is 3.71. The molecule has 0 aliphatic heterocycles. The molecule has 25 heavy (non-hydrogen) atoms. The summed E-state index contributed by atoms with van der Waals surface area (Å²) in [5.41, 5.74) is 0.829. The van der Waals surface area contributed by atoms with Crippen LogP contribution in [-0.4, -0.2) is 18.7 Å². The van der Waals surface area contributed by atoms with Crippen molar-refractivity contribution in [3.63, 3.8) is 0 Å². The zero-order chi connectivity index (χ0) is 17.8. The van der Waals surface area contributed by atoms with E-state index in [0.29, 0.717) is 22.3 Å². The number of esters is 1. The third kappa shape index (κ3) is 3.40. The molecule has 3 aromatic rings. The number of benzene rings is 2. The van der Waals surface area contributed by atoms with Crippen LogP contribution in [0.25, 0.3) is 22.3 Å². The highest BCUT2D eigenvalue weighted by molar-refractivity contribution is 5.82. The lowest BCUT2D eigenvalue weighted by molar-refractivity contribution is -0.150. The van der Waals surface area contributed by atoms with Gasteiger partial charge in [-0.3, -0.25) is 4.79 Å². The van der Waals surface area contributed by atoms with Crippen LogP contribution in [0.5, 0.6) is 5.75 Å². The summed E-state index contributed by atoms with van der Waals surface area (Å²) < 4.78 is 16.5. The topological polar surface area (TPSA) is 65.7 Å². The molecule has 0 spiro atoms. The van der Waals surface area contributed by atoms with E-state index in [2.05, 4.69) is 0 Å². The summed E-state index contributed by atoms with van der Waals surface area (Å²) in [5.74, 6) is -0.236. The molecule has 5 nitrogen and oxygen atoms in total. The van der Waals surface area contributed by atoms with Crippen molar-refractivity contribution in [2.24, 2.45) is 0 Å². The minimum atomic E-state index is -0.925. The van der Waals surface area contributed by atoms with Crippen LogP contribution < -0.4 is 10.2 Å². The third-order valence-corrected chi connectivity index (χ3v) is 3.71. The van der Waals surface area contributed by atoms with Crippen molar-refractivity contribution in [2.45, 2.75) is 20.0 Å². The molecule has 0 N–H and O–H groups in total. The van der Waals surface area contributed by atoms with E-state index in [1.807, 2.05) is 30.3 Å². The smallest absolute Gasteiger partial charge is 0.347 e. The first-order valence-corrected chi connectivity index (χ1v) is 8.06. The predicted octanol–water partition coefficient (Wildman–Crippen LogP) is 3.79. The van der Waals surface area contributed by atoms with Gasteiger partial charge in [0.25, 0.3) is 0 Å². The minimum Gasteiger partial charge on any atom is -0.471 e. The van der Waals surface area contributed by atoms with Gasteiger partial charge < -0.3 is 13.9 Å². The van der Waals surface area contributed by atoms with Crippen molar-refractivity contribution < 1.29 is 18.7 Å². The van der Waals surface area contributed by atoms with Crippen molar-refractivity contribution in [1.82, 2.24) is 0 Å². The van der Waals surface area contributed by atoms with Crippen molar-refractivity contribution >= 4 is 16.9 Å². The largest absolute Gasteiger partial charge is 0.471 e. The summed E-state index contributed by atoms with van der Waals surface area (Å²) in [6.45, 7) is 3.50. The number of hydrogen-bond donors (Lipinski definition) is 0. The first-order valence-electron chi connectivity index (χ1n) is 8.06. The molecule has 0 radical (unpaired) electrons. The number of fused-ring (bicyclic) bond motifs is 1. The Balaban J connectivity index is 2.16. The normalized spacial score (nSPS) is 11.9. The van der Waals surface area contributed by atoms with E-state index >= 15 is 0 Å². The van der Waals surface area contributed by atoms with Crippen molar-refractivity contribution in [2.75, 3.05) is 6.61 Å². The summed E-state index contributed by atoms with van der Waals surface area (Å²) in [4.78, 5) is 24.8. The van der Waals surface area contributed by atoms with Crippen LogP contribution in [0.1, 0.15) is 13.8 Å². The molecule has 0 amide bonds. The Hall–Kier alpha value is -3.08. The number of ether oxygens (including phenoxy) is 2. The van der Waals surface area contributed by atoms with Crippen molar-refractivity contribution in [3.8, 4) is 17.1 Å². The molecule has 0 saturated heterocycles. The lowest BCUT2D eigenvalue weighted by atomic mass is 10.1. The standard InChI is InChI=1S/C20H18O5/c1-3-23-20(22)13(2)24-19-17(21)15-11-7-8-12-16(15)25-18(19)14-9-5-4-6-10-14/h4-13H,3H2,1-2H3/t13-/m0/s1. The Morgan fingerprint density at radius 2 is 1.76 bits per heavy atom. The number of hydrogen-bond acceptors (Lipinski definition) is 5. The van der Waals surface area contributed by atoms with Gasteiger partial charge in [-0.2, -0.15) is 0 Å². The molecule has 0 aliphatic carbocycles. The fourth-order valence-electron chi connectivity index (χ4n) is 2.50. The van der Waals surface area contributed by atoms with E-state index in [9.17, 15) is 9.59 Å². The van der Waals surface area contributed by atoms with E-state index in [4.69, 9.17) is 13.9 Å². The number of para-hydroxylation sites is 1. The summed E-state index contributed by atoms with van der Waals surface area (Å²) in [7, 11) is 0. The fourth-order valence-corrected chi connectivity index (χ4v) is 2.50. The molecule has 2 aromatic carbocycles. The van der Waals surface area contributed by atoms with Crippen LogP contribution in [-0.2, 0) is 9.53 Å². The van der Waals surface area contributed by atoms with E-state index in [1.165, 1.54) is 0 Å². The van der Waals surface area contributed by atoms with Crippen molar-refractivity contribution in [1.29, 1.82) is 0 Å². The maximum absolute atomic E-state index is 12.9. The average Bonchev–Trinajstić information content (AvgIpc) is 2.64. The molecule has 3 rings (SSSR count). The first kappa shape index (κ1) is 16.8. The fraction of sp³-hybridized carbons (Fsp3) is 0.200. The SMILES string of the molecule is CCOC(=O)[C@H](C)Oc1c(-c2ccccc2)oc2ccccc2c1=O. The van der Waals surface area contributed by atoms with E-state index in [0.717, 1.165) is 0 Å². The molecule has 0 bridgehead atoms. The van der Waals surface area contributed by atoms with E-state index in [-0.39, 0.29) is 17.8 Å². The second-order valence-corrected chi connectivity index (χ2v) is 5.46. The summed E-state index contributed by atoms with van der Waals surface area (Å²) in [5, 5.41) is 0.397. The second-order valence-electron chi connectivity index (χ2n) is 5.46. The van der Waals surface area contributed by atoms with Crippen LogP contribution in [0.3, 0.4) is 0 Å². The lowest BCUT2D eigenvalue weighted by Gasteiger charge is -2.15. The summed E-state index contributed by atoms with van der Waals surface area (Å²) in [6, 6.07) is 16.1. The zero-order valence-corrected chi connectivity index (χ0v) is 14.0. The number of carbonyl (C=O) groups is 1. The summed E-state index contributed by atoms with van der Waals surface area (Å²) in [6.07, 6.45) is -0.925. The number of rotatable bonds is 5. The quantitative estimate of drug-likeness (QED) is 0.662. The molecule has 1 atom stereocenters. The van der Waals surface area contributed by atoms with Gasteiger partial charge in [-0.15, -0.1) is 0 Å². The lowest BCUT2D eigenvalue weighted by Crippen LogP contribution is -2.28. The predicted molar refractivity (Wildman–Crippen MR) is 94.6 cm³/mol. The van der Waals surface area contributed by atoms with Gasteiger partial charge in [0, 0.05) is 5.56 Å². The van der Waals surface area contributed by atoms with E-state index in [1.54, 1.807) is 38.1 Å². The van der Waals surface area contributed by atoms with Gasteiger partial charge in [0.15, 0.2) is 11.9 Å². The zero-order valence-electron chi connectivity index (χ0n) is 14.0. The molecule has 0 fully saturated rings. The molecule has 0 unspecified atom stereocenters. The minimum absolute atomic E-state index is 0.00505. The Kier molecular flexibility index (Phi) is 4.84. The van der Waals surface area contributed by atoms with E-state index < -0.39 is 12.1 Å². The van der Waals surface area contributed by atoms with Crippen LogP contribution >= 0.6 is 0 Å². The highest BCUT2D eigenvalue weighted by Crippen LogP contribution is 2.31. The Labute approximate surface area is 144 Å². The molecule has 128 valence electrons. The van der Waals surface area contributed by atoms with Gasteiger partial charge in [0.2, 0.25) is 11.2 Å². The van der Waals surface area contributed by atoms with Crippen LogP contribution in [0.4, 0.5) is 0 Å². The van der Waals surface area contributed by atoms with Gasteiger partial charge in [-0.1, -0.05) is 42.5 Å². The Morgan fingerprint density at radius 3 is 2.48 bits per heavy atom. The van der Waals surface area contributed by atoms with Crippen LogP contribution in [0.2, 0.25) is 0 Å². The maximum atomic E-state index is 12.9. The van der Waals surface area contributed by atoms with Crippen molar-refractivity contribution in [3.05, 3.63) is 64.8 Å².